The number of fused-ring (bicyclic) bond motifs is 1. The van der Waals surface area contributed by atoms with E-state index in [1.54, 1.807) is 18.2 Å². The molecule has 2 amide bonds. The summed E-state index contributed by atoms with van der Waals surface area (Å²) in [7, 11) is 1.50. The Morgan fingerprint density at radius 1 is 1.03 bits per heavy atom. The van der Waals surface area contributed by atoms with Gasteiger partial charge in [-0.15, -0.1) is 5.10 Å². The van der Waals surface area contributed by atoms with E-state index in [-0.39, 0.29) is 31.8 Å². The number of nitrogens with one attached hydrogen (secondary N) is 1. The molecule has 1 atom stereocenters. The van der Waals surface area contributed by atoms with Crippen LogP contribution in [0.4, 0.5) is 4.39 Å². The number of hydrogen-bond donors (Lipinski definition) is 1. The van der Waals surface area contributed by atoms with Crippen LogP contribution in [0.3, 0.4) is 0 Å². The lowest BCUT2D eigenvalue weighted by molar-refractivity contribution is -0.142. The highest BCUT2D eigenvalue weighted by molar-refractivity contribution is 5.89. The maximum absolute atomic E-state index is 14.9. The monoisotopic (exact) mass is 475 g/mol. The van der Waals surface area contributed by atoms with E-state index in [0.717, 1.165) is 5.56 Å². The zero-order valence-corrected chi connectivity index (χ0v) is 19.3. The van der Waals surface area contributed by atoms with Gasteiger partial charge < -0.3 is 15.0 Å². The van der Waals surface area contributed by atoms with Gasteiger partial charge in [0.05, 0.1) is 12.1 Å². The van der Waals surface area contributed by atoms with E-state index in [1.807, 2.05) is 48.5 Å². The average Bonchev–Trinajstić information content (AvgIpc) is 3.29. The summed E-state index contributed by atoms with van der Waals surface area (Å²) in [5.41, 5.74) is 2.32. The molecule has 0 aliphatic heterocycles. The number of ether oxygens (including phenoxy) is 1. The van der Waals surface area contributed by atoms with Crippen molar-refractivity contribution >= 4 is 22.8 Å². The number of nitrogens with zero attached hydrogens (tertiary/aromatic N) is 4. The van der Waals surface area contributed by atoms with Crippen molar-refractivity contribution in [2.45, 2.75) is 19.1 Å². The molecule has 180 valence electrons. The Morgan fingerprint density at radius 3 is 2.51 bits per heavy atom. The molecule has 0 bridgehead atoms. The number of hydrogen-bond acceptors (Lipinski definition) is 5. The van der Waals surface area contributed by atoms with E-state index in [2.05, 4.69) is 15.6 Å². The largest absolute Gasteiger partial charge is 0.383 e. The van der Waals surface area contributed by atoms with Gasteiger partial charge in [0, 0.05) is 25.8 Å². The lowest BCUT2D eigenvalue weighted by Crippen LogP contribution is -2.46. The molecule has 9 heteroatoms. The fourth-order valence-corrected chi connectivity index (χ4v) is 3.87. The summed E-state index contributed by atoms with van der Waals surface area (Å²) in [6.07, 6.45) is 0. The van der Waals surface area contributed by atoms with E-state index < -0.39 is 23.7 Å². The van der Waals surface area contributed by atoms with Crippen LogP contribution in [-0.2, 0) is 27.4 Å². The maximum atomic E-state index is 14.9. The van der Waals surface area contributed by atoms with Crippen LogP contribution in [-0.4, -0.2) is 52.0 Å². The summed E-state index contributed by atoms with van der Waals surface area (Å²) >= 11 is 0. The molecule has 0 saturated heterocycles. The first-order valence-electron chi connectivity index (χ1n) is 11.2. The Morgan fingerprint density at radius 2 is 1.74 bits per heavy atom. The summed E-state index contributed by atoms with van der Waals surface area (Å²) in [5.74, 6) is -1.48. The average molecular weight is 476 g/mol. The van der Waals surface area contributed by atoms with Crippen LogP contribution in [0.1, 0.15) is 17.2 Å². The van der Waals surface area contributed by atoms with Crippen molar-refractivity contribution in [3.05, 3.63) is 95.8 Å². The number of carbonyl (C=O) groups is 2. The standard InChI is InChI=1S/C26H26FN5O3/c1-35-16-15-31(24(33)18-32-23-14-8-7-13-22(23)29-30-32)25(20-11-5-6-12-21(20)27)26(34)28-17-19-9-3-2-4-10-19/h2-14,25H,15-18H2,1H3,(H,28,34)/t25-/m1/s1. The molecule has 35 heavy (non-hydrogen) atoms. The summed E-state index contributed by atoms with van der Waals surface area (Å²) in [6, 6.07) is 21.4. The van der Waals surface area contributed by atoms with Gasteiger partial charge in [-0.1, -0.05) is 65.9 Å². The van der Waals surface area contributed by atoms with Gasteiger partial charge in [-0.05, 0) is 23.8 Å². The molecule has 4 rings (SSSR count). The highest BCUT2D eigenvalue weighted by Gasteiger charge is 2.33. The van der Waals surface area contributed by atoms with Crippen molar-refractivity contribution in [1.29, 1.82) is 0 Å². The van der Waals surface area contributed by atoms with Crippen LogP contribution >= 0.6 is 0 Å². The first kappa shape index (κ1) is 24.0. The third-order valence-corrected chi connectivity index (χ3v) is 5.63. The van der Waals surface area contributed by atoms with Gasteiger partial charge in [-0.3, -0.25) is 9.59 Å². The summed E-state index contributed by atoms with van der Waals surface area (Å²) < 4.78 is 21.6. The molecule has 1 N–H and O–H groups in total. The van der Waals surface area contributed by atoms with Crippen molar-refractivity contribution < 1.29 is 18.7 Å². The summed E-state index contributed by atoms with van der Waals surface area (Å²) in [4.78, 5) is 28.3. The minimum absolute atomic E-state index is 0.0831. The first-order valence-corrected chi connectivity index (χ1v) is 11.2. The molecule has 8 nitrogen and oxygen atoms in total. The molecular formula is C26H26FN5O3. The number of aromatic nitrogens is 3. The second kappa shape index (κ2) is 11.3. The summed E-state index contributed by atoms with van der Waals surface area (Å²) in [5, 5.41) is 11.0. The fourth-order valence-electron chi connectivity index (χ4n) is 3.87. The third kappa shape index (κ3) is 5.70. The van der Waals surface area contributed by atoms with E-state index in [1.165, 1.54) is 28.8 Å². The first-order chi connectivity index (χ1) is 17.1. The molecular weight excluding hydrogens is 449 g/mol. The van der Waals surface area contributed by atoms with Gasteiger partial charge in [0.2, 0.25) is 11.8 Å². The lowest BCUT2D eigenvalue weighted by atomic mass is 10.0. The second-order valence-electron chi connectivity index (χ2n) is 7.94. The maximum Gasteiger partial charge on any atom is 0.247 e. The highest BCUT2D eigenvalue weighted by atomic mass is 19.1. The second-order valence-corrected chi connectivity index (χ2v) is 7.94. The van der Waals surface area contributed by atoms with E-state index in [9.17, 15) is 14.0 Å². The highest BCUT2D eigenvalue weighted by Crippen LogP contribution is 2.25. The van der Waals surface area contributed by atoms with Gasteiger partial charge in [-0.2, -0.15) is 0 Å². The molecule has 3 aromatic carbocycles. The van der Waals surface area contributed by atoms with Crippen LogP contribution in [0, 0.1) is 5.82 Å². The Hall–Kier alpha value is -4.11. The molecule has 0 spiro atoms. The molecule has 1 heterocycles. The van der Waals surface area contributed by atoms with Crippen LogP contribution in [0.2, 0.25) is 0 Å². The number of amides is 2. The topological polar surface area (TPSA) is 89.3 Å². The lowest BCUT2D eigenvalue weighted by Gasteiger charge is -2.31. The van der Waals surface area contributed by atoms with Gasteiger partial charge in [-0.25, -0.2) is 9.07 Å². The molecule has 0 aliphatic carbocycles. The van der Waals surface area contributed by atoms with E-state index >= 15 is 0 Å². The Labute approximate surface area is 202 Å². The third-order valence-electron chi connectivity index (χ3n) is 5.63. The van der Waals surface area contributed by atoms with E-state index in [0.29, 0.717) is 11.0 Å². The SMILES string of the molecule is COCCN(C(=O)Cn1nnc2ccccc21)[C@@H](C(=O)NCc1ccccc1)c1ccccc1F. The number of methoxy groups -OCH3 is 1. The summed E-state index contributed by atoms with van der Waals surface area (Å²) in [6.45, 7) is 0.326. The van der Waals surface area contributed by atoms with Crippen molar-refractivity contribution in [3.8, 4) is 0 Å². The van der Waals surface area contributed by atoms with Gasteiger partial charge in [0.1, 0.15) is 23.9 Å². The van der Waals surface area contributed by atoms with Crippen molar-refractivity contribution in [1.82, 2.24) is 25.2 Å². The Bertz CT molecular complexity index is 1290. The molecule has 0 radical (unpaired) electrons. The fraction of sp³-hybridized carbons (Fsp3) is 0.231. The number of para-hydroxylation sites is 1. The smallest absolute Gasteiger partial charge is 0.247 e. The minimum atomic E-state index is -1.20. The number of benzene rings is 3. The van der Waals surface area contributed by atoms with Crippen LogP contribution in [0.5, 0.6) is 0 Å². The molecule has 4 aromatic rings. The molecule has 0 unspecified atom stereocenters. The zero-order chi connectivity index (χ0) is 24.6. The Balaban J connectivity index is 1.65. The van der Waals surface area contributed by atoms with E-state index in [4.69, 9.17) is 4.74 Å². The number of carbonyl (C=O) groups excluding carboxylic acids is 2. The molecule has 0 aliphatic rings. The molecule has 1 aromatic heterocycles. The van der Waals surface area contributed by atoms with Gasteiger partial charge in [0.15, 0.2) is 0 Å². The van der Waals surface area contributed by atoms with Crippen LogP contribution in [0.15, 0.2) is 78.9 Å². The minimum Gasteiger partial charge on any atom is -0.383 e. The van der Waals surface area contributed by atoms with Gasteiger partial charge >= 0.3 is 0 Å². The van der Waals surface area contributed by atoms with Crippen molar-refractivity contribution in [3.63, 3.8) is 0 Å². The molecule has 0 saturated carbocycles. The van der Waals surface area contributed by atoms with Gasteiger partial charge in [0.25, 0.3) is 0 Å². The normalized spacial score (nSPS) is 11.8. The molecule has 0 fully saturated rings. The zero-order valence-electron chi connectivity index (χ0n) is 19.3. The Kier molecular flexibility index (Phi) is 7.79. The number of rotatable bonds is 10. The van der Waals surface area contributed by atoms with Crippen LogP contribution < -0.4 is 5.32 Å². The predicted molar refractivity (Wildman–Crippen MR) is 129 cm³/mol. The van der Waals surface area contributed by atoms with Crippen LogP contribution in [0.25, 0.3) is 11.0 Å². The predicted octanol–water partition coefficient (Wildman–Crippen LogP) is 3.10. The van der Waals surface area contributed by atoms with Crippen molar-refractivity contribution in [2.75, 3.05) is 20.3 Å². The van der Waals surface area contributed by atoms with Crippen molar-refractivity contribution in [2.24, 2.45) is 0 Å². The number of halogens is 1. The quantitative estimate of drug-likeness (QED) is 0.381.